The molecule has 34 heavy (non-hydrogen) atoms. The van der Waals surface area contributed by atoms with Crippen LogP contribution in [0.5, 0.6) is 11.5 Å². The predicted octanol–water partition coefficient (Wildman–Crippen LogP) is 3.45. The molecule has 0 aromatic heterocycles. The standard InChI is InChI=1S/C25H20N2O7/c1-33-20-11-18(25(31)32)19(12-21(20)34-2)26-22(28)15-8-9-16-17(10-15)24(30)27(23(16)29)13-14-6-4-3-5-7-14/h3-12H,13H2,1-2H3,(H,26,28)(H,31,32). The van der Waals surface area contributed by atoms with E-state index in [9.17, 15) is 24.3 Å². The van der Waals surface area contributed by atoms with Crippen LogP contribution in [-0.4, -0.2) is 47.9 Å². The van der Waals surface area contributed by atoms with Crippen molar-refractivity contribution in [3.8, 4) is 11.5 Å². The van der Waals surface area contributed by atoms with Gasteiger partial charge >= 0.3 is 5.97 Å². The van der Waals surface area contributed by atoms with Crippen molar-refractivity contribution in [3.63, 3.8) is 0 Å². The summed E-state index contributed by atoms with van der Waals surface area (Å²) in [6.45, 7) is 0.113. The molecule has 9 nitrogen and oxygen atoms in total. The van der Waals surface area contributed by atoms with Gasteiger partial charge in [0, 0.05) is 17.7 Å². The molecule has 0 fully saturated rings. The predicted molar refractivity (Wildman–Crippen MR) is 122 cm³/mol. The average Bonchev–Trinajstić information content (AvgIpc) is 3.08. The van der Waals surface area contributed by atoms with Gasteiger partial charge in [-0.15, -0.1) is 0 Å². The lowest BCUT2D eigenvalue weighted by atomic mass is 10.0. The van der Waals surface area contributed by atoms with Crippen molar-refractivity contribution in [3.05, 3.63) is 88.5 Å². The average molecular weight is 460 g/mol. The third kappa shape index (κ3) is 4.06. The van der Waals surface area contributed by atoms with Gasteiger partial charge in [-0.05, 0) is 23.8 Å². The number of nitrogens with zero attached hydrogens (tertiary/aromatic N) is 1. The van der Waals surface area contributed by atoms with Crippen LogP contribution >= 0.6 is 0 Å². The van der Waals surface area contributed by atoms with E-state index in [-0.39, 0.29) is 46.0 Å². The minimum absolute atomic E-state index is 0.0104. The van der Waals surface area contributed by atoms with E-state index in [2.05, 4.69) is 5.32 Å². The van der Waals surface area contributed by atoms with E-state index in [1.807, 2.05) is 30.3 Å². The van der Waals surface area contributed by atoms with Gasteiger partial charge in [-0.2, -0.15) is 0 Å². The van der Waals surface area contributed by atoms with Gasteiger partial charge in [-0.25, -0.2) is 4.79 Å². The molecule has 3 amide bonds. The summed E-state index contributed by atoms with van der Waals surface area (Å²) in [6, 6.07) is 15.8. The Bertz CT molecular complexity index is 1320. The molecule has 0 radical (unpaired) electrons. The van der Waals surface area contributed by atoms with E-state index in [1.165, 1.54) is 44.6 Å². The number of carbonyl (C=O) groups excluding carboxylic acids is 3. The molecule has 0 saturated carbocycles. The van der Waals surface area contributed by atoms with Gasteiger partial charge < -0.3 is 19.9 Å². The van der Waals surface area contributed by atoms with Crippen molar-refractivity contribution in [1.82, 2.24) is 4.90 Å². The van der Waals surface area contributed by atoms with Gasteiger partial charge in [-0.3, -0.25) is 19.3 Å². The second kappa shape index (κ2) is 9.07. The fourth-order valence-corrected chi connectivity index (χ4v) is 3.70. The van der Waals surface area contributed by atoms with Crippen LogP contribution in [0.25, 0.3) is 0 Å². The van der Waals surface area contributed by atoms with Crippen LogP contribution in [0, 0.1) is 0 Å². The molecule has 9 heteroatoms. The van der Waals surface area contributed by atoms with Crippen LogP contribution in [0.1, 0.15) is 47.0 Å². The second-order valence-corrected chi connectivity index (χ2v) is 7.45. The molecule has 0 spiro atoms. The maximum atomic E-state index is 12.9. The number of fused-ring (bicyclic) bond motifs is 1. The largest absolute Gasteiger partial charge is 0.493 e. The lowest BCUT2D eigenvalue weighted by Gasteiger charge is -2.14. The number of ether oxygens (including phenoxy) is 2. The smallest absolute Gasteiger partial charge is 0.337 e. The number of hydrogen-bond acceptors (Lipinski definition) is 6. The number of amides is 3. The summed E-state index contributed by atoms with van der Waals surface area (Å²) < 4.78 is 10.3. The summed E-state index contributed by atoms with van der Waals surface area (Å²) >= 11 is 0. The molecule has 3 aromatic rings. The van der Waals surface area contributed by atoms with Gasteiger partial charge in [0.1, 0.15) is 0 Å². The maximum Gasteiger partial charge on any atom is 0.337 e. The van der Waals surface area contributed by atoms with E-state index in [1.54, 1.807) is 0 Å². The zero-order chi connectivity index (χ0) is 24.4. The van der Waals surface area contributed by atoms with E-state index < -0.39 is 23.7 Å². The quantitative estimate of drug-likeness (QED) is 0.518. The molecule has 1 aliphatic heterocycles. The Morgan fingerprint density at radius 1 is 0.882 bits per heavy atom. The fourth-order valence-electron chi connectivity index (χ4n) is 3.70. The number of imide groups is 1. The molecule has 0 aliphatic carbocycles. The molecule has 1 aliphatic rings. The van der Waals surface area contributed by atoms with Crippen molar-refractivity contribution >= 4 is 29.4 Å². The molecular weight excluding hydrogens is 440 g/mol. The number of carbonyl (C=O) groups is 4. The topological polar surface area (TPSA) is 122 Å². The first-order valence-electron chi connectivity index (χ1n) is 10.2. The van der Waals surface area contributed by atoms with Crippen LogP contribution in [0.4, 0.5) is 5.69 Å². The lowest BCUT2D eigenvalue weighted by Crippen LogP contribution is -2.29. The minimum atomic E-state index is -1.28. The Hall–Kier alpha value is -4.66. The monoisotopic (exact) mass is 460 g/mol. The number of carboxylic acid groups (broad SMARTS) is 1. The van der Waals surface area contributed by atoms with E-state index >= 15 is 0 Å². The third-order valence-electron chi connectivity index (χ3n) is 5.42. The summed E-state index contributed by atoms with van der Waals surface area (Å²) in [7, 11) is 2.75. The lowest BCUT2D eigenvalue weighted by molar-refractivity contribution is 0.0639. The van der Waals surface area contributed by atoms with E-state index in [4.69, 9.17) is 9.47 Å². The third-order valence-corrected chi connectivity index (χ3v) is 5.42. The van der Waals surface area contributed by atoms with Crippen molar-refractivity contribution in [2.75, 3.05) is 19.5 Å². The number of benzene rings is 3. The van der Waals surface area contributed by atoms with E-state index in [0.717, 1.165) is 10.5 Å². The SMILES string of the molecule is COc1cc(NC(=O)c2ccc3c(c2)C(=O)N(Cc2ccccc2)C3=O)c(C(=O)O)cc1OC. The highest BCUT2D eigenvalue weighted by molar-refractivity contribution is 6.22. The Morgan fingerprint density at radius 3 is 2.18 bits per heavy atom. The summed E-state index contributed by atoms with van der Waals surface area (Å²) in [6.07, 6.45) is 0. The molecule has 2 N–H and O–H groups in total. The van der Waals surface area contributed by atoms with Gasteiger partial charge in [0.15, 0.2) is 11.5 Å². The summed E-state index contributed by atoms with van der Waals surface area (Å²) in [5, 5.41) is 12.1. The number of nitrogens with one attached hydrogen (secondary N) is 1. The first kappa shape index (κ1) is 22.5. The Morgan fingerprint density at radius 2 is 1.53 bits per heavy atom. The molecule has 4 rings (SSSR count). The molecule has 3 aromatic carbocycles. The molecule has 0 unspecified atom stereocenters. The highest BCUT2D eigenvalue weighted by Gasteiger charge is 2.36. The second-order valence-electron chi connectivity index (χ2n) is 7.45. The van der Waals surface area contributed by atoms with Crippen molar-refractivity contribution in [2.24, 2.45) is 0 Å². The van der Waals surface area contributed by atoms with Gasteiger partial charge in [-0.1, -0.05) is 30.3 Å². The first-order chi connectivity index (χ1) is 16.3. The molecule has 0 atom stereocenters. The molecule has 172 valence electrons. The highest BCUT2D eigenvalue weighted by atomic mass is 16.5. The zero-order valence-corrected chi connectivity index (χ0v) is 18.3. The number of rotatable bonds is 7. The summed E-state index contributed by atoms with van der Waals surface area (Å²) in [4.78, 5) is 51.4. The number of hydrogen-bond donors (Lipinski definition) is 2. The molecular formula is C25H20N2O7. The number of anilines is 1. The Labute approximate surface area is 194 Å². The van der Waals surface area contributed by atoms with Gasteiger partial charge in [0.2, 0.25) is 0 Å². The van der Waals surface area contributed by atoms with Crippen LogP contribution < -0.4 is 14.8 Å². The van der Waals surface area contributed by atoms with Gasteiger partial charge in [0.05, 0.1) is 43.1 Å². The molecule has 0 bridgehead atoms. The number of aromatic carboxylic acids is 1. The van der Waals surface area contributed by atoms with Crippen LogP contribution in [0.2, 0.25) is 0 Å². The number of methoxy groups -OCH3 is 2. The fraction of sp³-hybridized carbons (Fsp3) is 0.120. The Balaban J connectivity index is 1.61. The van der Waals surface area contributed by atoms with E-state index in [0.29, 0.717) is 0 Å². The molecule has 0 saturated heterocycles. The van der Waals surface area contributed by atoms with Crippen molar-refractivity contribution in [1.29, 1.82) is 0 Å². The normalized spacial score (nSPS) is 12.4. The zero-order valence-electron chi connectivity index (χ0n) is 18.3. The Kier molecular flexibility index (Phi) is 6.01. The summed E-state index contributed by atoms with van der Waals surface area (Å²) in [5.74, 6) is -2.45. The number of carboxylic acids is 1. The van der Waals surface area contributed by atoms with Gasteiger partial charge in [0.25, 0.3) is 17.7 Å². The summed E-state index contributed by atoms with van der Waals surface area (Å²) in [5.41, 5.74) is 0.989. The molecule has 1 heterocycles. The van der Waals surface area contributed by atoms with Crippen molar-refractivity contribution in [2.45, 2.75) is 6.54 Å². The highest BCUT2D eigenvalue weighted by Crippen LogP contribution is 2.34. The minimum Gasteiger partial charge on any atom is -0.493 e. The maximum absolute atomic E-state index is 12.9. The van der Waals surface area contributed by atoms with Crippen molar-refractivity contribution < 1.29 is 33.8 Å². The van der Waals surface area contributed by atoms with Crippen LogP contribution in [0.3, 0.4) is 0 Å². The van der Waals surface area contributed by atoms with Crippen LogP contribution in [0.15, 0.2) is 60.7 Å². The first-order valence-corrected chi connectivity index (χ1v) is 10.2. The van der Waals surface area contributed by atoms with Crippen LogP contribution in [-0.2, 0) is 6.54 Å².